The third-order valence-electron chi connectivity index (χ3n) is 2.77. The third-order valence-corrected chi connectivity index (χ3v) is 3.38. The summed E-state index contributed by atoms with van der Waals surface area (Å²) in [6.45, 7) is 0.740. The predicted octanol–water partition coefficient (Wildman–Crippen LogP) is 2.67. The molecule has 1 saturated heterocycles. The van der Waals surface area contributed by atoms with Crippen molar-refractivity contribution in [3.8, 4) is 0 Å². The average Bonchev–Trinajstić information content (AvgIpc) is 2.48. The van der Waals surface area contributed by atoms with Gasteiger partial charge in [-0.3, -0.25) is 4.79 Å². The quantitative estimate of drug-likeness (QED) is 0.882. The van der Waals surface area contributed by atoms with Crippen molar-refractivity contribution in [2.45, 2.75) is 25.3 Å². The summed E-state index contributed by atoms with van der Waals surface area (Å²) >= 11 is 3.14. The fraction of sp³-hybridized carbons (Fsp3) is 0.417. The van der Waals surface area contributed by atoms with E-state index >= 15 is 0 Å². The normalized spacial score (nSPS) is 20.6. The lowest BCUT2D eigenvalue weighted by Crippen LogP contribution is -2.26. The molecule has 0 spiro atoms. The Morgan fingerprint density at radius 1 is 1.47 bits per heavy atom. The molecule has 1 aromatic rings. The zero-order valence-corrected chi connectivity index (χ0v) is 10.9. The lowest BCUT2D eigenvalue weighted by atomic mass is 10.1. The topological polar surface area (TPSA) is 41.1 Å². The van der Waals surface area contributed by atoms with E-state index in [-0.39, 0.29) is 17.8 Å². The first-order valence-corrected chi connectivity index (χ1v) is 6.43. The maximum absolute atomic E-state index is 13.1. The molecular weight excluding hydrogens is 287 g/mol. The van der Waals surface area contributed by atoms with Crippen LogP contribution in [0.2, 0.25) is 0 Å². The molecule has 2 rings (SSSR count). The van der Waals surface area contributed by atoms with Gasteiger partial charge in [0.2, 0.25) is 5.91 Å². The molecule has 1 unspecified atom stereocenters. The van der Waals surface area contributed by atoms with Crippen LogP contribution in [-0.4, -0.2) is 18.5 Å². The summed E-state index contributed by atoms with van der Waals surface area (Å²) in [7, 11) is 0. The highest BCUT2D eigenvalue weighted by molar-refractivity contribution is 9.10. The van der Waals surface area contributed by atoms with Crippen LogP contribution in [0.3, 0.4) is 0 Å². The molecule has 1 aliphatic rings. The molecule has 0 saturated carbocycles. The minimum absolute atomic E-state index is 0.0705. The van der Waals surface area contributed by atoms with Crippen molar-refractivity contribution in [3.05, 3.63) is 28.5 Å². The van der Waals surface area contributed by atoms with Crippen molar-refractivity contribution >= 4 is 27.5 Å². The average molecular weight is 301 g/mol. The maximum Gasteiger partial charge on any atom is 0.222 e. The van der Waals surface area contributed by atoms with E-state index in [1.807, 2.05) is 0 Å². The second kappa shape index (κ2) is 5.49. The van der Waals surface area contributed by atoms with Crippen LogP contribution in [0.4, 0.5) is 10.1 Å². The monoisotopic (exact) mass is 300 g/mol. The van der Waals surface area contributed by atoms with Gasteiger partial charge in [-0.25, -0.2) is 4.39 Å². The van der Waals surface area contributed by atoms with Crippen LogP contribution in [0.15, 0.2) is 22.7 Å². The fourth-order valence-corrected chi connectivity index (χ4v) is 2.30. The van der Waals surface area contributed by atoms with E-state index < -0.39 is 0 Å². The van der Waals surface area contributed by atoms with Crippen molar-refractivity contribution < 1.29 is 9.18 Å². The van der Waals surface area contributed by atoms with Crippen molar-refractivity contribution in [1.29, 1.82) is 0 Å². The standard InChI is InChI=1S/C12H14BrFN2O/c13-10-6-9(3-4-11(10)14)16-8-2-1-5-15-12(17)7-8/h3-4,6,8,16H,1-2,5,7H2,(H,15,17). The van der Waals surface area contributed by atoms with E-state index in [1.54, 1.807) is 12.1 Å². The largest absolute Gasteiger partial charge is 0.382 e. The number of rotatable bonds is 2. The summed E-state index contributed by atoms with van der Waals surface area (Å²) in [6, 6.07) is 4.90. The molecule has 17 heavy (non-hydrogen) atoms. The minimum atomic E-state index is -0.283. The lowest BCUT2D eigenvalue weighted by Gasteiger charge is -2.16. The van der Waals surface area contributed by atoms with Gasteiger partial charge in [-0.1, -0.05) is 0 Å². The molecule has 1 atom stereocenters. The van der Waals surface area contributed by atoms with Gasteiger partial charge in [-0.15, -0.1) is 0 Å². The zero-order chi connectivity index (χ0) is 12.3. The molecule has 5 heteroatoms. The highest BCUT2D eigenvalue weighted by Gasteiger charge is 2.17. The maximum atomic E-state index is 13.1. The Morgan fingerprint density at radius 3 is 3.06 bits per heavy atom. The first kappa shape index (κ1) is 12.4. The number of benzene rings is 1. The Labute approximate surface area is 108 Å². The first-order valence-electron chi connectivity index (χ1n) is 5.63. The summed E-state index contributed by atoms with van der Waals surface area (Å²) in [5.41, 5.74) is 0.831. The molecule has 0 radical (unpaired) electrons. The molecule has 2 N–H and O–H groups in total. The Morgan fingerprint density at radius 2 is 2.29 bits per heavy atom. The molecule has 92 valence electrons. The molecule has 1 amide bonds. The lowest BCUT2D eigenvalue weighted by molar-refractivity contribution is -0.120. The van der Waals surface area contributed by atoms with Gasteiger partial charge in [-0.2, -0.15) is 0 Å². The van der Waals surface area contributed by atoms with Gasteiger partial charge in [0.25, 0.3) is 0 Å². The van der Waals surface area contributed by atoms with E-state index in [0.29, 0.717) is 10.9 Å². The van der Waals surface area contributed by atoms with Crippen LogP contribution in [-0.2, 0) is 4.79 Å². The summed E-state index contributed by atoms with van der Waals surface area (Å²) < 4.78 is 13.5. The highest BCUT2D eigenvalue weighted by Crippen LogP contribution is 2.22. The number of anilines is 1. The predicted molar refractivity (Wildman–Crippen MR) is 68.4 cm³/mol. The molecule has 0 aliphatic carbocycles. The van der Waals surface area contributed by atoms with Gasteiger partial charge in [0.1, 0.15) is 5.82 Å². The van der Waals surface area contributed by atoms with Gasteiger partial charge in [0.15, 0.2) is 0 Å². The molecule has 1 heterocycles. The van der Waals surface area contributed by atoms with Crippen molar-refractivity contribution in [2.24, 2.45) is 0 Å². The number of carbonyl (C=O) groups excluding carboxylic acids is 1. The highest BCUT2D eigenvalue weighted by atomic mass is 79.9. The number of carbonyl (C=O) groups is 1. The first-order chi connectivity index (χ1) is 8.15. The Bertz CT molecular complexity index is 425. The van der Waals surface area contributed by atoms with E-state index in [1.165, 1.54) is 6.07 Å². The SMILES string of the molecule is O=C1CC(Nc2ccc(F)c(Br)c2)CCCN1. The Kier molecular flexibility index (Phi) is 3.99. The van der Waals surface area contributed by atoms with Crippen molar-refractivity contribution in [2.75, 3.05) is 11.9 Å². The van der Waals surface area contributed by atoms with Gasteiger partial charge in [0.05, 0.1) is 4.47 Å². The van der Waals surface area contributed by atoms with E-state index in [4.69, 9.17) is 0 Å². The van der Waals surface area contributed by atoms with Crippen LogP contribution in [0.25, 0.3) is 0 Å². The summed E-state index contributed by atoms with van der Waals surface area (Å²) in [5, 5.41) is 6.09. The molecular formula is C12H14BrFN2O. The minimum Gasteiger partial charge on any atom is -0.382 e. The van der Waals surface area contributed by atoms with E-state index in [0.717, 1.165) is 25.1 Å². The molecule has 0 bridgehead atoms. The van der Waals surface area contributed by atoms with Gasteiger partial charge < -0.3 is 10.6 Å². The number of amides is 1. The van der Waals surface area contributed by atoms with Crippen LogP contribution in [0, 0.1) is 5.82 Å². The molecule has 1 aliphatic heterocycles. The van der Waals surface area contributed by atoms with Crippen molar-refractivity contribution in [3.63, 3.8) is 0 Å². The smallest absolute Gasteiger partial charge is 0.222 e. The Balaban J connectivity index is 2.03. The summed E-state index contributed by atoms with van der Waals surface area (Å²) in [4.78, 5) is 11.4. The second-order valence-corrected chi connectivity index (χ2v) is 5.02. The summed E-state index contributed by atoms with van der Waals surface area (Å²) in [5.74, 6) is -0.213. The van der Waals surface area contributed by atoms with Crippen LogP contribution in [0.5, 0.6) is 0 Å². The summed E-state index contributed by atoms with van der Waals surface area (Å²) in [6.07, 6.45) is 2.37. The number of nitrogens with one attached hydrogen (secondary N) is 2. The van der Waals surface area contributed by atoms with Crippen molar-refractivity contribution in [1.82, 2.24) is 5.32 Å². The molecule has 1 fully saturated rings. The number of halogens is 2. The third kappa shape index (κ3) is 3.43. The van der Waals surface area contributed by atoms with Crippen LogP contribution >= 0.6 is 15.9 Å². The van der Waals surface area contributed by atoms with Gasteiger partial charge in [0, 0.05) is 24.7 Å². The van der Waals surface area contributed by atoms with Crippen LogP contribution in [0.1, 0.15) is 19.3 Å². The van der Waals surface area contributed by atoms with Gasteiger partial charge in [-0.05, 0) is 47.0 Å². The molecule has 3 nitrogen and oxygen atoms in total. The molecule has 0 aromatic heterocycles. The zero-order valence-electron chi connectivity index (χ0n) is 9.30. The van der Waals surface area contributed by atoms with E-state index in [2.05, 4.69) is 26.6 Å². The van der Waals surface area contributed by atoms with Gasteiger partial charge >= 0.3 is 0 Å². The fourth-order valence-electron chi connectivity index (χ4n) is 1.92. The van der Waals surface area contributed by atoms with Crippen LogP contribution < -0.4 is 10.6 Å². The molecule has 1 aromatic carbocycles. The van der Waals surface area contributed by atoms with E-state index in [9.17, 15) is 9.18 Å². The second-order valence-electron chi connectivity index (χ2n) is 4.17. The number of hydrogen-bond donors (Lipinski definition) is 2. The number of hydrogen-bond acceptors (Lipinski definition) is 2. The Hall–Kier alpha value is -1.10.